The van der Waals surface area contributed by atoms with Crippen LogP contribution in [0.3, 0.4) is 0 Å². The number of benzene rings is 3. The van der Waals surface area contributed by atoms with Crippen LogP contribution in [0.4, 0.5) is 0 Å². The van der Waals surface area contributed by atoms with Crippen molar-refractivity contribution in [3.05, 3.63) is 90.2 Å². The van der Waals surface area contributed by atoms with Crippen molar-refractivity contribution in [2.45, 2.75) is 79.1 Å². The largest absolute Gasteiger partial charge is 0.511 e. The maximum absolute atomic E-state index is 13.1. The van der Waals surface area contributed by atoms with Gasteiger partial charge in [0.25, 0.3) is 0 Å². The van der Waals surface area contributed by atoms with Gasteiger partial charge in [-0.15, -0.1) is 35.9 Å². The number of nitrogens with zero attached hydrogens (tertiary/aromatic N) is 1. The van der Waals surface area contributed by atoms with Crippen LogP contribution in [-0.2, 0) is 24.9 Å². The summed E-state index contributed by atoms with van der Waals surface area (Å²) < 4.78 is 0. The van der Waals surface area contributed by atoms with E-state index >= 15 is 0 Å². The summed E-state index contributed by atoms with van der Waals surface area (Å²) in [4.78, 5) is 17.9. The minimum absolute atomic E-state index is 0. The number of carbonyl (C=O) groups is 1. The molecule has 4 heteroatoms. The average molecular weight is 725 g/mol. The van der Waals surface area contributed by atoms with Crippen molar-refractivity contribution in [1.82, 2.24) is 4.98 Å². The van der Waals surface area contributed by atoms with Gasteiger partial charge in [0.2, 0.25) is 0 Å². The predicted octanol–water partition coefficient (Wildman–Crippen LogP) is 10.0. The number of pyridine rings is 1. The molecular formula is C37H42IrNO2-. The van der Waals surface area contributed by atoms with Crippen molar-refractivity contribution < 1.29 is 30.0 Å². The van der Waals surface area contributed by atoms with Gasteiger partial charge in [0.05, 0.1) is 5.52 Å². The van der Waals surface area contributed by atoms with Crippen LogP contribution in [0.1, 0.15) is 79.1 Å². The number of rotatable bonds is 5. The zero-order chi connectivity index (χ0) is 28.3. The molecule has 1 aromatic heterocycles. The van der Waals surface area contributed by atoms with Crippen LogP contribution in [0, 0.1) is 22.8 Å². The summed E-state index contributed by atoms with van der Waals surface area (Å²) >= 11 is 0. The number of aliphatic hydroxyl groups excluding tert-OH is 1. The second-order valence-electron chi connectivity index (χ2n) is 11.7. The van der Waals surface area contributed by atoms with E-state index in [0.717, 1.165) is 73.7 Å². The van der Waals surface area contributed by atoms with E-state index in [-0.39, 0.29) is 36.7 Å². The van der Waals surface area contributed by atoms with Gasteiger partial charge in [-0.3, -0.25) is 9.78 Å². The van der Waals surface area contributed by atoms with Crippen LogP contribution >= 0.6 is 0 Å². The van der Waals surface area contributed by atoms with Crippen molar-refractivity contribution in [2.24, 2.45) is 16.7 Å². The van der Waals surface area contributed by atoms with Crippen LogP contribution in [-0.4, -0.2) is 15.9 Å². The molecule has 1 saturated carbocycles. The topological polar surface area (TPSA) is 50.2 Å². The molecule has 1 N–H and O–H groups in total. The fourth-order valence-corrected chi connectivity index (χ4v) is 7.05. The fraction of sp³-hybridized carbons (Fsp3) is 0.405. The number of ketones is 1. The first kappa shape index (κ1) is 31.1. The summed E-state index contributed by atoms with van der Waals surface area (Å²) in [6.45, 7) is 8.52. The number of aliphatic hydroxyl groups is 1. The van der Waals surface area contributed by atoms with Gasteiger partial charge in [0.1, 0.15) is 5.76 Å². The Labute approximate surface area is 258 Å². The summed E-state index contributed by atoms with van der Waals surface area (Å²) in [7, 11) is 0. The second kappa shape index (κ2) is 13.0. The first-order valence-electron chi connectivity index (χ1n) is 15.2. The summed E-state index contributed by atoms with van der Waals surface area (Å²) in [6.07, 6.45) is 7.87. The maximum atomic E-state index is 13.1. The molecule has 0 saturated heterocycles. The minimum atomic E-state index is -0.204. The van der Waals surface area contributed by atoms with E-state index in [0.29, 0.717) is 11.7 Å². The Kier molecular flexibility index (Phi) is 9.88. The summed E-state index contributed by atoms with van der Waals surface area (Å²) in [5.74, 6) is 1.04. The van der Waals surface area contributed by atoms with Gasteiger partial charge >= 0.3 is 0 Å². The Balaban J connectivity index is 0.000000184. The Hall–Kier alpha value is -2.81. The zero-order valence-corrected chi connectivity index (χ0v) is 27.2. The van der Waals surface area contributed by atoms with Crippen molar-refractivity contribution >= 4 is 27.5 Å². The Morgan fingerprint density at radius 1 is 0.805 bits per heavy atom. The van der Waals surface area contributed by atoms with E-state index in [1.54, 1.807) is 0 Å². The van der Waals surface area contributed by atoms with Gasteiger partial charge < -0.3 is 5.11 Å². The van der Waals surface area contributed by atoms with Crippen LogP contribution in [0.2, 0.25) is 0 Å². The zero-order valence-electron chi connectivity index (χ0n) is 24.8. The number of carbonyl (C=O) groups excluding carboxylic acids is 1. The number of Topliss-reactive ketones (excluding diaryl/α,β-unsaturated/α-hetero) is 1. The van der Waals surface area contributed by atoms with E-state index in [1.807, 2.05) is 24.3 Å². The SMILES string of the molecule is CCC1(CC)CCC2CCC(CC)(CC)C(O)=C2C1=O.[Ir].[c-]1ccccc1-c1ccc2ccc3ccccc3c2n1. The third-order valence-corrected chi connectivity index (χ3v) is 10.1. The molecule has 0 amide bonds. The van der Waals surface area contributed by atoms with Gasteiger partial charge in [0.15, 0.2) is 5.78 Å². The van der Waals surface area contributed by atoms with E-state index < -0.39 is 0 Å². The first-order valence-corrected chi connectivity index (χ1v) is 15.2. The molecule has 1 atom stereocenters. The van der Waals surface area contributed by atoms with E-state index in [1.165, 1.54) is 16.2 Å². The standard InChI is InChI=1S/C19H12N.C18H30O2.Ir/c1-2-7-15(8-3-1)18-13-12-16-11-10-14-6-4-5-9-17(14)19(16)20-18;1-5-17(6-2)11-9-13-10-12-18(7-3,8-4)16(20)14(13)15(17)19;/h1-7,9-13H;13,19H,5-12H2,1-4H3;/q-1;;. The van der Waals surface area contributed by atoms with Crippen LogP contribution in [0.25, 0.3) is 32.9 Å². The Morgan fingerprint density at radius 3 is 2.07 bits per heavy atom. The van der Waals surface area contributed by atoms with Crippen LogP contribution < -0.4 is 0 Å². The Bertz CT molecular complexity index is 1530. The van der Waals surface area contributed by atoms with Crippen molar-refractivity contribution in [1.29, 1.82) is 0 Å². The van der Waals surface area contributed by atoms with Crippen molar-refractivity contribution in [2.75, 3.05) is 0 Å². The van der Waals surface area contributed by atoms with E-state index in [9.17, 15) is 9.90 Å². The molecule has 0 spiro atoms. The summed E-state index contributed by atoms with van der Waals surface area (Å²) in [6, 6.07) is 28.0. The molecule has 1 heterocycles. The van der Waals surface area contributed by atoms with Crippen molar-refractivity contribution in [3.63, 3.8) is 0 Å². The van der Waals surface area contributed by atoms with Crippen molar-refractivity contribution in [3.8, 4) is 11.3 Å². The molecule has 0 aliphatic heterocycles. The number of allylic oxidation sites excluding steroid dienone is 2. The first-order chi connectivity index (χ1) is 19.4. The molecule has 41 heavy (non-hydrogen) atoms. The molecule has 3 aromatic carbocycles. The number of hydrogen-bond donors (Lipinski definition) is 1. The molecule has 1 unspecified atom stereocenters. The maximum Gasteiger partial charge on any atom is 0.168 e. The number of fused-ring (bicyclic) bond motifs is 4. The molecular weight excluding hydrogens is 683 g/mol. The molecule has 1 radical (unpaired) electrons. The number of aromatic nitrogens is 1. The van der Waals surface area contributed by atoms with Gasteiger partial charge in [-0.25, -0.2) is 0 Å². The monoisotopic (exact) mass is 725 g/mol. The molecule has 4 aromatic rings. The summed E-state index contributed by atoms with van der Waals surface area (Å²) in [5.41, 5.74) is 3.53. The number of hydrogen-bond acceptors (Lipinski definition) is 3. The van der Waals surface area contributed by atoms with Gasteiger partial charge in [-0.1, -0.05) is 76.2 Å². The quantitative estimate of drug-likeness (QED) is 0.165. The third-order valence-electron chi connectivity index (χ3n) is 10.1. The van der Waals surface area contributed by atoms with Gasteiger partial charge in [-0.2, -0.15) is 0 Å². The molecule has 1 fully saturated rings. The molecule has 2 aliphatic rings. The van der Waals surface area contributed by atoms with Crippen LogP contribution in [0.5, 0.6) is 0 Å². The van der Waals surface area contributed by atoms with E-state index in [2.05, 4.69) is 82.3 Å². The minimum Gasteiger partial charge on any atom is -0.511 e. The Morgan fingerprint density at radius 2 is 1.41 bits per heavy atom. The van der Waals surface area contributed by atoms with E-state index in [4.69, 9.17) is 4.98 Å². The fourth-order valence-electron chi connectivity index (χ4n) is 7.05. The molecule has 6 rings (SSSR count). The predicted molar refractivity (Wildman–Crippen MR) is 166 cm³/mol. The molecule has 3 nitrogen and oxygen atoms in total. The second-order valence-corrected chi connectivity index (χ2v) is 11.7. The molecule has 2 aliphatic carbocycles. The van der Waals surface area contributed by atoms with Crippen LogP contribution in [0.15, 0.2) is 84.1 Å². The summed E-state index contributed by atoms with van der Waals surface area (Å²) in [5, 5.41) is 14.5. The normalized spacial score (nSPS) is 19.2. The average Bonchev–Trinajstić information content (AvgIpc) is 3.02. The molecule has 217 valence electrons. The van der Waals surface area contributed by atoms with Gasteiger partial charge in [-0.05, 0) is 73.8 Å². The smallest absolute Gasteiger partial charge is 0.168 e. The molecule has 0 bridgehead atoms. The third kappa shape index (κ3) is 5.66. The van der Waals surface area contributed by atoms with Gasteiger partial charge in [0, 0.05) is 41.9 Å².